The van der Waals surface area contributed by atoms with Crippen molar-refractivity contribution in [3.8, 4) is 0 Å². The van der Waals surface area contributed by atoms with Gasteiger partial charge in [0.15, 0.2) is 23.5 Å². The van der Waals surface area contributed by atoms with Crippen molar-refractivity contribution in [3.05, 3.63) is 36.8 Å². The number of imidazole rings is 1. The van der Waals surface area contributed by atoms with Crippen molar-refractivity contribution in [2.24, 2.45) is 0 Å². The first-order valence-corrected chi connectivity index (χ1v) is 7.82. The van der Waals surface area contributed by atoms with Gasteiger partial charge in [0.25, 0.3) is 5.91 Å². The number of nitrogens with zero attached hydrogens (tertiary/aromatic N) is 4. The van der Waals surface area contributed by atoms with Crippen molar-refractivity contribution in [2.45, 2.75) is 24.5 Å². The predicted octanol–water partition coefficient (Wildman–Crippen LogP) is -0.949. The Hall–Kier alpha value is -3.02. The second-order valence-corrected chi connectivity index (χ2v) is 5.80. The van der Waals surface area contributed by atoms with E-state index in [1.54, 1.807) is 6.07 Å². The van der Waals surface area contributed by atoms with E-state index in [1.165, 1.54) is 29.6 Å². The first-order valence-electron chi connectivity index (χ1n) is 7.82. The van der Waals surface area contributed by atoms with Crippen LogP contribution in [-0.4, -0.2) is 60.5 Å². The van der Waals surface area contributed by atoms with Crippen LogP contribution in [0, 0.1) is 0 Å². The van der Waals surface area contributed by atoms with E-state index in [1.807, 2.05) is 0 Å². The molecular weight excluding hydrogens is 344 g/mol. The van der Waals surface area contributed by atoms with E-state index < -0.39 is 37.0 Å². The first kappa shape index (κ1) is 16.4. The zero-order valence-corrected chi connectivity index (χ0v) is 13.4. The molecular formula is C15H16N6O5. The van der Waals surface area contributed by atoms with Crippen molar-refractivity contribution in [3.63, 3.8) is 0 Å². The molecule has 0 bridgehead atoms. The Balaban J connectivity index is 1.70. The third-order valence-electron chi connectivity index (χ3n) is 4.25. The number of nitrogens with one attached hydrogen (secondary N) is 1. The maximum Gasteiger partial charge on any atom is 0.287 e. The maximum absolute atomic E-state index is 12.3. The average molecular weight is 360 g/mol. The summed E-state index contributed by atoms with van der Waals surface area (Å²) < 4.78 is 12.3. The summed E-state index contributed by atoms with van der Waals surface area (Å²) in [6, 6.07) is 2.20. The van der Waals surface area contributed by atoms with Gasteiger partial charge in [-0.15, -0.1) is 0 Å². The van der Waals surface area contributed by atoms with Crippen molar-refractivity contribution in [2.75, 3.05) is 12.3 Å². The van der Waals surface area contributed by atoms with Crippen LogP contribution in [0.1, 0.15) is 16.8 Å². The number of nitrogens with two attached hydrogens (primary N) is 1. The minimum Gasteiger partial charge on any atom is -0.459 e. The van der Waals surface area contributed by atoms with Crippen molar-refractivity contribution in [1.82, 2.24) is 24.8 Å². The molecule has 1 aliphatic heterocycles. The van der Waals surface area contributed by atoms with Crippen LogP contribution in [0.15, 0.2) is 35.5 Å². The second-order valence-electron chi connectivity index (χ2n) is 5.80. The van der Waals surface area contributed by atoms with Crippen LogP contribution in [0.2, 0.25) is 0 Å². The average Bonchev–Trinajstić information content (AvgIpc) is 3.35. The SMILES string of the molecule is Nc1ncnc2c1ncn2[C@@H]1O[C@H](CO)[C@@H](O)[C@H]1NC(=O)c1ccco1. The molecule has 1 saturated heterocycles. The summed E-state index contributed by atoms with van der Waals surface area (Å²) in [5.41, 5.74) is 6.54. The molecule has 1 aliphatic rings. The van der Waals surface area contributed by atoms with Gasteiger partial charge < -0.3 is 30.4 Å². The number of nitrogen functional groups attached to an aromatic ring is 1. The van der Waals surface area contributed by atoms with Gasteiger partial charge in [-0.3, -0.25) is 9.36 Å². The van der Waals surface area contributed by atoms with Crippen molar-refractivity contribution >= 4 is 22.9 Å². The van der Waals surface area contributed by atoms with E-state index in [9.17, 15) is 15.0 Å². The van der Waals surface area contributed by atoms with Crippen LogP contribution >= 0.6 is 0 Å². The highest BCUT2D eigenvalue weighted by molar-refractivity contribution is 5.91. The molecule has 4 heterocycles. The van der Waals surface area contributed by atoms with Gasteiger partial charge in [-0.1, -0.05) is 0 Å². The molecule has 0 unspecified atom stereocenters. The molecule has 1 fully saturated rings. The summed E-state index contributed by atoms with van der Waals surface area (Å²) in [4.78, 5) is 24.5. The van der Waals surface area contributed by atoms with Crippen LogP contribution in [0.3, 0.4) is 0 Å². The lowest BCUT2D eigenvalue weighted by atomic mass is 10.1. The quantitative estimate of drug-likeness (QED) is 0.459. The van der Waals surface area contributed by atoms with Crippen LogP contribution in [-0.2, 0) is 4.74 Å². The molecule has 0 aliphatic carbocycles. The van der Waals surface area contributed by atoms with Gasteiger partial charge in [0.05, 0.1) is 19.2 Å². The van der Waals surface area contributed by atoms with Gasteiger partial charge >= 0.3 is 0 Å². The third kappa shape index (κ3) is 2.58. The monoisotopic (exact) mass is 360 g/mol. The Morgan fingerprint density at radius 1 is 1.38 bits per heavy atom. The van der Waals surface area contributed by atoms with Crippen molar-refractivity contribution < 1.29 is 24.2 Å². The first-order chi connectivity index (χ1) is 12.6. The molecule has 26 heavy (non-hydrogen) atoms. The number of aliphatic hydroxyl groups is 2. The number of rotatable bonds is 4. The Morgan fingerprint density at radius 2 is 2.23 bits per heavy atom. The standard InChI is InChI=1S/C15H16N6O5/c16-12-10-13(18-5-17-12)21(6-19-10)15-9(11(23)8(4-22)26-15)20-14(24)7-2-1-3-25-7/h1-3,5-6,8-9,11,15,22-23H,4H2,(H,20,24)(H2,16,17,18)/t8-,9-,11-,15-/m1/s1. The van der Waals surface area contributed by atoms with E-state index >= 15 is 0 Å². The lowest BCUT2D eigenvalue weighted by molar-refractivity contribution is -0.0440. The summed E-state index contributed by atoms with van der Waals surface area (Å²) in [6.45, 7) is -0.422. The van der Waals surface area contributed by atoms with Crippen LogP contribution in [0.5, 0.6) is 0 Å². The molecule has 11 heteroatoms. The van der Waals surface area contributed by atoms with Gasteiger partial charge in [0.2, 0.25) is 0 Å². The number of anilines is 1. The van der Waals surface area contributed by atoms with E-state index in [0.717, 1.165) is 0 Å². The fraction of sp³-hybridized carbons (Fsp3) is 0.333. The number of hydrogen-bond donors (Lipinski definition) is 4. The van der Waals surface area contributed by atoms with Crippen molar-refractivity contribution in [1.29, 1.82) is 0 Å². The van der Waals surface area contributed by atoms with Crippen LogP contribution < -0.4 is 11.1 Å². The van der Waals surface area contributed by atoms with Gasteiger partial charge in [-0.05, 0) is 12.1 Å². The van der Waals surface area contributed by atoms with Gasteiger partial charge in [-0.25, -0.2) is 15.0 Å². The van der Waals surface area contributed by atoms with E-state index in [0.29, 0.717) is 11.2 Å². The molecule has 1 amide bonds. The zero-order valence-electron chi connectivity index (χ0n) is 13.4. The lowest BCUT2D eigenvalue weighted by Gasteiger charge is -2.22. The molecule has 0 saturated carbocycles. The Labute approximate surface area is 146 Å². The summed E-state index contributed by atoms with van der Waals surface area (Å²) >= 11 is 0. The molecule has 0 aromatic carbocycles. The van der Waals surface area contributed by atoms with E-state index in [4.69, 9.17) is 14.9 Å². The number of furan rings is 1. The van der Waals surface area contributed by atoms with E-state index in [-0.39, 0.29) is 11.6 Å². The predicted molar refractivity (Wildman–Crippen MR) is 86.7 cm³/mol. The van der Waals surface area contributed by atoms with E-state index in [2.05, 4.69) is 20.3 Å². The number of aliphatic hydroxyl groups excluding tert-OH is 2. The molecule has 136 valence electrons. The van der Waals surface area contributed by atoms with Crippen LogP contribution in [0.25, 0.3) is 11.2 Å². The Bertz CT molecular complexity index is 926. The number of aromatic nitrogens is 4. The number of carbonyl (C=O) groups is 1. The number of fused-ring (bicyclic) bond motifs is 1. The summed E-state index contributed by atoms with van der Waals surface area (Å²) in [5.74, 6) is -0.238. The fourth-order valence-electron chi connectivity index (χ4n) is 2.98. The number of amides is 1. The highest BCUT2D eigenvalue weighted by Gasteiger charge is 2.46. The minimum atomic E-state index is -1.15. The number of ether oxygens (including phenoxy) is 1. The molecule has 11 nitrogen and oxygen atoms in total. The molecule has 4 atom stereocenters. The summed E-state index contributed by atoms with van der Waals surface area (Å²) in [5, 5.41) is 22.6. The molecule has 3 aromatic heterocycles. The highest BCUT2D eigenvalue weighted by atomic mass is 16.5. The lowest BCUT2D eigenvalue weighted by Crippen LogP contribution is -2.46. The van der Waals surface area contributed by atoms with Gasteiger partial charge in [0.1, 0.15) is 30.1 Å². The maximum atomic E-state index is 12.3. The molecule has 3 aromatic rings. The molecule has 0 spiro atoms. The zero-order chi connectivity index (χ0) is 18.3. The second kappa shape index (κ2) is 6.37. The molecule has 0 radical (unpaired) electrons. The smallest absolute Gasteiger partial charge is 0.287 e. The topological polar surface area (TPSA) is 162 Å². The summed E-state index contributed by atoms with van der Waals surface area (Å²) in [6.07, 6.45) is 1.17. The Kier molecular flexibility index (Phi) is 4.03. The normalized spacial score (nSPS) is 25.6. The van der Waals surface area contributed by atoms with Crippen LogP contribution in [0.4, 0.5) is 5.82 Å². The highest BCUT2D eigenvalue weighted by Crippen LogP contribution is 2.32. The van der Waals surface area contributed by atoms with Gasteiger partial charge in [-0.2, -0.15) is 0 Å². The minimum absolute atomic E-state index is 0.0884. The third-order valence-corrected chi connectivity index (χ3v) is 4.25. The Morgan fingerprint density at radius 3 is 2.96 bits per heavy atom. The largest absolute Gasteiger partial charge is 0.459 e. The number of carbonyl (C=O) groups excluding carboxylic acids is 1. The molecule has 5 N–H and O–H groups in total. The fourth-order valence-corrected chi connectivity index (χ4v) is 2.98. The number of hydrogen-bond acceptors (Lipinski definition) is 9. The summed E-state index contributed by atoms with van der Waals surface area (Å²) in [7, 11) is 0. The molecule has 4 rings (SSSR count). The van der Waals surface area contributed by atoms with Gasteiger partial charge in [0, 0.05) is 0 Å².